The Morgan fingerprint density at radius 2 is 2.10 bits per heavy atom. The predicted molar refractivity (Wildman–Crippen MR) is 78.5 cm³/mol. The van der Waals surface area contributed by atoms with Crippen molar-refractivity contribution in [3.8, 4) is 11.8 Å². The number of carbonyl (C=O) groups excluding carboxylic acids is 2. The second-order valence-corrected chi connectivity index (χ2v) is 5.06. The van der Waals surface area contributed by atoms with Crippen LogP contribution in [0.5, 0.6) is 0 Å². The molecule has 1 aromatic rings. The first kappa shape index (κ1) is 16.2. The topological polar surface area (TPSA) is 78.4 Å². The van der Waals surface area contributed by atoms with Gasteiger partial charge in [-0.25, -0.2) is 0 Å². The summed E-state index contributed by atoms with van der Waals surface area (Å²) in [5.74, 6) is 4.99. The summed E-state index contributed by atoms with van der Waals surface area (Å²) < 4.78 is 0. The number of aliphatic hydroxyl groups excluding tert-OH is 1. The first-order valence-corrected chi connectivity index (χ1v) is 7.23. The van der Waals surface area contributed by atoms with Gasteiger partial charge in [0.2, 0.25) is 5.91 Å². The Hall–Kier alpha value is -1.84. The van der Waals surface area contributed by atoms with E-state index in [4.69, 9.17) is 5.11 Å². The smallest absolute Gasteiger partial charge is 0.261 e. The van der Waals surface area contributed by atoms with Crippen molar-refractivity contribution >= 4 is 23.2 Å². The maximum absolute atomic E-state index is 11.8. The minimum atomic E-state index is -0.213. The van der Waals surface area contributed by atoms with Gasteiger partial charge in [0.15, 0.2) is 0 Å². The third kappa shape index (κ3) is 5.87. The van der Waals surface area contributed by atoms with Gasteiger partial charge in [-0.1, -0.05) is 18.8 Å². The van der Waals surface area contributed by atoms with Crippen molar-refractivity contribution in [2.45, 2.75) is 19.8 Å². The van der Waals surface area contributed by atoms with Crippen molar-refractivity contribution in [2.24, 2.45) is 0 Å². The molecule has 0 aliphatic heterocycles. The molecular weight excluding hydrogens is 276 g/mol. The fourth-order valence-electron chi connectivity index (χ4n) is 1.38. The number of carbonyl (C=O) groups is 2. The van der Waals surface area contributed by atoms with Crippen LogP contribution >= 0.6 is 11.3 Å². The molecule has 0 aromatic carbocycles. The summed E-state index contributed by atoms with van der Waals surface area (Å²) >= 11 is 1.26. The van der Waals surface area contributed by atoms with Crippen molar-refractivity contribution in [1.29, 1.82) is 0 Å². The number of amides is 2. The van der Waals surface area contributed by atoms with Crippen LogP contribution in [-0.4, -0.2) is 36.6 Å². The van der Waals surface area contributed by atoms with Gasteiger partial charge in [-0.3, -0.25) is 9.59 Å². The number of aliphatic hydroxyl groups is 1. The SMILES string of the molecule is CCCNC(=O)CCNC(=O)c1ccc(C#CCO)s1. The summed E-state index contributed by atoms with van der Waals surface area (Å²) in [5, 5.41) is 14.0. The highest BCUT2D eigenvalue weighted by molar-refractivity contribution is 7.14. The minimum Gasteiger partial charge on any atom is -0.384 e. The molecule has 0 saturated heterocycles. The maximum Gasteiger partial charge on any atom is 0.261 e. The molecule has 0 unspecified atom stereocenters. The maximum atomic E-state index is 11.8. The van der Waals surface area contributed by atoms with Gasteiger partial charge in [-0.2, -0.15) is 0 Å². The molecule has 0 bridgehead atoms. The molecule has 1 rings (SSSR count). The van der Waals surface area contributed by atoms with Gasteiger partial charge in [0, 0.05) is 19.5 Å². The summed E-state index contributed by atoms with van der Waals surface area (Å²) in [7, 11) is 0. The molecule has 0 fully saturated rings. The van der Waals surface area contributed by atoms with Crippen molar-refractivity contribution in [3.05, 3.63) is 21.9 Å². The van der Waals surface area contributed by atoms with Crippen LogP contribution < -0.4 is 10.6 Å². The highest BCUT2D eigenvalue weighted by Gasteiger charge is 2.08. The van der Waals surface area contributed by atoms with Gasteiger partial charge < -0.3 is 15.7 Å². The Kier molecular flexibility index (Phi) is 7.40. The van der Waals surface area contributed by atoms with Crippen molar-refractivity contribution in [1.82, 2.24) is 10.6 Å². The molecule has 1 heterocycles. The van der Waals surface area contributed by atoms with Gasteiger partial charge in [-0.05, 0) is 18.6 Å². The second-order valence-electron chi connectivity index (χ2n) is 3.98. The van der Waals surface area contributed by atoms with Crippen LogP contribution in [0.1, 0.15) is 34.3 Å². The zero-order chi connectivity index (χ0) is 14.8. The lowest BCUT2D eigenvalue weighted by atomic mass is 10.3. The number of thiophene rings is 1. The van der Waals surface area contributed by atoms with Gasteiger partial charge in [0.25, 0.3) is 5.91 Å². The molecule has 20 heavy (non-hydrogen) atoms. The van der Waals surface area contributed by atoms with E-state index in [-0.39, 0.29) is 24.8 Å². The Balaban J connectivity index is 2.36. The molecule has 0 atom stereocenters. The Morgan fingerprint density at radius 3 is 2.80 bits per heavy atom. The first-order valence-electron chi connectivity index (χ1n) is 6.41. The molecule has 108 valence electrons. The molecule has 0 aliphatic carbocycles. The second kappa shape index (κ2) is 9.13. The van der Waals surface area contributed by atoms with Gasteiger partial charge >= 0.3 is 0 Å². The fourth-order valence-corrected chi connectivity index (χ4v) is 2.18. The van der Waals surface area contributed by atoms with Crippen molar-refractivity contribution < 1.29 is 14.7 Å². The molecule has 6 heteroatoms. The Bertz CT molecular complexity index is 514. The van der Waals surface area contributed by atoms with E-state index >= 15 is 0 Å². The molecule has 0 saturated carbocycles. The van der Waals surface area contributed by atoms with Gasteiger partial charge in [0.1, 0.15) is 6.61 Å². The van der Waals surface area contributed by atoms with Gasteiger partial charge in [-0.15, -0.1) is 11.3 Å². The van der Waals surface area contributed by atoms with E-state index in [1.54, 1.807) is 12.1 Å². The minimum absolute atomic E-state index is 0.0622. The lowest BCUT2D eigenvalue weighted by Gasteiger charge is -2.04. The first-order chi connectivity index (χ1) is 9.67. The third-order valence-corrected chi connectivity index (χ3v) is 3.33. The molecule has 0 spiro atoms. The van der Waals surface area contributed by atoms with Crippen LogP contribution in [0.4, 0.5) is 0 Å². The lowest BCUT2D eigenvalue weighted by molar-refractivity contribution is -0.120. The number of rotatable bonds is 6. The van der Waals surface area contributed by atoms with E-state index in [0.29, 0.717) is 18.0 Å². The highest BCUT2D eigenvalue weighted by atomic mass is 32.1. The predicted octanol–water partition coefficient (Wildman–Crippen LogP) is 0.738. The Morgan fingerprint density at radius 1 is 1.30 bits per heavy atom. The van der Waals surface area contributed by atoms with E-state index in [9.17, 15) is 9.59 Å². The largest absolute Gasteiger partial charge is 0.384 e. The normalized spacial score (nSPS) is 9.50. The summed E-state index contributed by atoms with van der Waals surface area (Å²) in [5.41, 5.74) is 0. The number of hydrogen-bond donors (Lipinski definition) is 3. The van der Waals surface area contributed by atoms with Crippen LogP contribution in [0.3, 0.4) is 0 Å². The van der Waals surface area contributed by atoms with E-state index in [1.165, 1.54) is 11.3 Å². The standard InChI is InChI=1S/C14H18N2O3S/c1-2-8-15-13(18)7-9-16-14(19)12-6-5-11(20-12)4-3-10-17/h5-6,17H,2,7-10H2,1H3,(H,15,18)(H,16,19). The van der Waals surface area contributed by atoms with Gasteiger partial charge in [0.05, 0.1) is 9.75 Å². The monoisotopic (exact) mass is 294 g/mol. The molecular formula is C14H18N2O3S. The number of nitrogens with one attached hydrogen (secondary N) is 2. The molecule has 1 aromatic heterocycles. The van der Waals surface area contributed by atoms with Crippen LogP contribution in [0, 0.1) is 11.8 Å². The fraction of sp³-hybridized carbons (Fsp3) is 0.429. The molecule has 0 radical (unpaired) electrons. The zero-order valence-corrected chi connectivity index (χ0v) is 12.2. The van der Waals surface area contributed by atoms with E-state index in [1.807, 2.05) is 6.92 Å². The number of hydrogen-bond acceptors (Lipinski definition) is 4. The average Bonchev–Trinajstić information content (AvgIpc) is 2.91. The summed E-state index contributed by atoms with van der Waals surface area (Å²) in [6, 6.07) is 3.41. The Labute approximate surface area is 122 Å². The van der Waals surface area contributed by atoms with Crippen LogP contribution in [0.15, 0.2) is 12.1 Å². The molecule has 2 amide bonds. The van der Waals surface area contributed by atoms with Crippen molar-refractivity contribution in [2.75, 3.05) is 19.7 Å². The van der Waals surface area contributed by atoms with E-state index in [2.05, 4.69) is 22.5 Å². The third-order valence-electron chi connectivity index (χ3n) is 2.33. The summed E-state index contributed by atoms with van der Waals surface area (Å²) in [6.07, 6.45) is 1.17. The van der Waals surface area contributed by atoms with Crippen LogP contribution in [0.25, 0.3) is 0 Å². The zero-order valence-electron chi connectivity index (χ0n) is 11.4. The molecule has 5 nitrogen and oxygen atoms in total. The summed E-state index contributed by atoms with van der Waals surface area (Å²) in [6.45, 7) is 2.75. The quantitative estimate of drug-likeness (QED) is 0.677. The highest BCUT2D eigenvalue weighted by Crippen LogP contribution is 2.14. The summed E-state index contributed by atoms with van der Waals surface area (Å²) in [4.78, 5) is 24.4. The van der Waals surface area contributed by atoms with E-state index in [0.717, 1.165) is 11.3 Å². The lowest BCUT2D eigenvalue weighted by Crippen LogP contribution is -2.30. The van der Waals surface area contributed by atoms with Crippen LogP contribution in [0.2, 0.25) is 0 Å². The van der Waals surface area contributed by atoms with Crippen molar-refractivity contribution in [3.63, 3.8) is 0 Å². The van der Waals surface area contributed by atoms with Crippen LogP contribution in [-0.2, 0) is 4.79 Å². The van der Waals surface area contributed by atoms with E-state index < -0.39 is 0 Å². The average molecular weight is 294 g/mol. The molecule has 0 aliphatic rings. The molecule has 3 N–H and O–H groups in total.